The summed E-state index contributed by atoms with van der Waals surface area (Å²) in [6, 6.07) is 8.03. The highest BCUT2D eigenvalue weighted by atomic mass is 35.5. The molecule has 13 heavy (non-hydrogen) atoms. The molecule has 2 nitrogen and oxygen atoms in total. The van der Waals surface area contributed by atoms with E-state index in [9.17, 15) is 0 Å². The zero-order chi connectivity index (χ0) is 8.81. The molecule has 0 aliphatic carbocycles. The van der Waals surface area contributed by atoms with E-state index in [4.69, 9.17) is 10.5 Å². The minimum atomic E-state index is 0. The van der Waals surface area contributed by atoms with Crippen molar-refractivity contribution in [3.8, 4) is 5.75 Å². The quantitative estimate of drug-likeness (QED) is 0.616. The Morgan fingerprint density at radius 2 is 2.15 bits per heavy atom. The lowest BCUT2D eigenvalue weighted by Gasteiger charge is -2.04. The molecule has 0 radical (unpaired) electrons. The van der Waals surface area contributed by atoms with E-state index in [1.165, 1.54) is 5.56 Å². The largest absolute Gasteiger partial charge is 1.00 e. The molecule has 0 saturated carbocycles. The van der Waals surface area contributed by atoms with Crippen molar-refractivity contribution in [1.82, 2.24) is 0 Å². The first kappa shape index (κ1) is 12.3. The van der Waals surface area contributed by atoms with Crippen molar-refractivity contribution in [1.29, 1.82) is 0 Å². The van der Waals surface area contributed by atoms with Gasteiger partial charge in [-0.05, 0) is 37.6 Å². The van der Waals surface area contributed by atoms with Crippen molar-refractivity contribution in [2.45, 2.75) is 13.3 Å². The van der Waals surface area contributed by atoms with Crippen LogP contribution in [-0.4, -0.2) is 13.2 Å². The van der Waals surface area contributed by atoms with E-state index in [1.807, 2.05) is 18.2 Å². The van der Waals surface area contributed by atoms with Crippen LogP contribution in [0.25, 0.3) is 0 Å². The first-order chi connectivity index (χ1) is 5.83. The molecule has 0 unspecified atom stereocenters. The molecule has 0 atom stereocenters. The number of rotatable bonds is 4. The van der Waals surface area contributed by atoms with Gasteiger partial charge in [-0.2, -0.15) is 0 Å². The molecule has 0 saturated heterocycles. The summed E-state index contributed by atoms with van der Waals surface area (Å²) < 4.78 is 5.45. The predicted octanol–water partition coefficient (Wildman–Crippen LogP) is -1.27. The molecule has 1 aromatic rings. The fourth-order valence-electron chi connectivity index (χ4n) is 0.978. The van der Waals surface area contributed by atoms with Gasteiger partial charge in [-0.15, -0.1) is 0 Å². The lowest BCUT2D eigenvalue weighted by atomic mass is 10.2. The smallest absolute Gasteiger partial charge is 0.119 e. The summed E-state index contributed by atoms with van der Waals surface area (Å²) >= 11 is 0. The van der Waals surface area contributed by atoms with Gasteiger partial charge in [-0.1, -0.05) is 12.1 Å². The van der Waals surface area contributed by atoms with Crippen LogP contribution >= 0.6 is 0 Å². The van der Waals surface area contributed by atoms with Gasteiger partial charge in [0.05, 0.1) is 6.61 Å². The normalized spacial score (nSPS) is 9.08. The Bertz CT molecular complexity index is 240. The average Bonchev–Trinajstić information content (AvgIpc) is 2.05. The Hall–Kier alpha value is -0.730. The molecule has 1 rings (SSSR count). The van der Waals surface area contributed by atoms with Gasteiger partial charge >= 0.3 is 0 Å². The summed E-state index contributed by atoms with van der Waals surface area (Å²) in [7, 11) is 0. The number of halogens is 1. The molecule has 0 aliphatic heterocycles. The van der Waals surface area contributed by atoms with Crippen molar-refractivity contribution in [2.24, 2.45) is 5.73 Å². The Morgan fingerprint density at radius 1 is 1.38 bits per heavy atom. The number of nitrogens with two attached hydrogens (primary N) is 1. The molecule has 0 spiro atoms. The zero-order valence-electron chi connectivity index (χ0n) is 7.79. The van der Waals surface area contributed by atoms with E-state index >= 15 is 0 Å². The monoisotopic (exact) mass is 200 g/mol. The summed E-state index contributed by atoms with van der Waals surface area (Å²) in [6.45, 7) is 3.45. The number of hydrogen-bond acceptors (Lipinski definition) is 2. The van der Waals surface area contributed by atoms with Crippen molar-refractivity contribution in [3.63, 3.8) is 0 Å². The molecular weight excluding hydrogens is 186 g/mol. The maximum atomic E-state index is 5.45. The maximum absolute atomic E-state index is 5.45. The molecule has 0 amide bonds. The molecule has 0 fully saturated rings. The van der Waals surface area contributed by atoms with E-state index in [0.29, 0.717) is 13.2 Å². The lowest BCUT2D eigenvalue weighted by Crippen LogP contribution is -3.00. The third-order valence-electron chi connectivity index (χ3n) is 1.61. The molecule has 3 heteroatoms. The third-order valence-corrected chi connectivity index (χ3v) is 1.61. The second-order valence-electron chi connectivity index (χ2n) is 2.81. The van der Waals surface area contributed by atoms with Crippen LogP contribution in [0.4, 0.5) is 0 Å². The van der Waals surface area contributed by atoms with E-state index < -0.39 is 0 Å². The van der Waals surface area contributed by atoms with Crippen LogP contribution in [-0.2, 0) is 0 Å². The first-order valence-electron chi connectivity index (χ1n) is 4.22. The fourth-order valence-corrected chi connectivity index (χ4v) is 0.978. The summed E-state index contributed by atoms with van der Waals surface area (Å²) in [4.78, 5) is 0. The number of ether oxygens (including phenoxy) is 1. The summed E-state index contributed by atoms with van der Waals surface area (Å²) in [5.41, 5.74) is 6.57. The predicted molar refractivity (Wildman–Crippen MR) is 50.3 cm³/mol. The maximum Gasteiger partial charge on any atom is 0.119 e. The Balaban J connectivity index is 0.00000144. The molecule has 2 N–H and O–H groups in total. The van der Waals surface area contributed by atoms with Crippen molar-refractivity contribution in [2.75, 3.05) is 13.2 Å². The highest BCUT2D eigenvalue weighted by Crippen LogP contribution is 2.11. The lowest BCUT2D eigenvalue weighted by molar-refractivity contribution is -0.00000320. The number of hydrogen-bond donors (Lipinski definition) is 1. The van der Waals surface area contributed by atoms with Gasteiger partial charge in [-0.25, -0.2) is 0 Å². The highest BCUT2D eigenvalue weighted by molar-refractivity contribution is 5.27. The van der Waals surface area contributed by atoms with Crippen LogP contribution in [0.5, 0.6) is 5.75 Å². The van der Waals surface area contributed by atoms with Crippen LogP contribution in [0.1, 0.15) is 12.0 Å². The Kier molecular flexibility index (Phi) is 6.37. The van der Waals surface area contributed by atoms with Crippen LogP contribution in [0.3, 0.4) is 0 Å². The topological polar surface area (TPSA) is 35.2 Å². The highest BCUT2D eigenvalue weighted by Gasteiger charge is 1.91. The zero-order valence-corrected chi connectivity index (χ0v) is 8.55. The first-order valence-corrected chi connectivity index (χ1v) is 4.22. The van der Waals surface area contributed by atoms with E-state index in [1.54, 1.807) is 0 Å². The van der Waals surface area contributed by atoms with E-state index in [2.05, 4.69) is 13.0 Å². The number of aryl methyl sites for hydroxylation is 1. The minimum Gasteiger partial charge on any atom is -1.00 e. The van der Waals surface area contributed by atoms with Gasteiger partial charge in [-0.3, -0.25) is 0 Å². The minimum absolute atomic E-state index is 0. The van der Waals surface area contributed by atoms with Crippen LogP contribution < -0.4 is 22.9 Å². The summed E-state index contributed by atoms with van der Waals surface area (Å²) in [6.07, 6.45) is 0.911. The second-order valence-corrected chi connectivity index (χ2v) is 2.81. The Morgan fingerprint density at radius 3 is 2.77 bits per heavy atom. The molecule has 0 heterocycles. The standard InChI is InChI=1S/C10H15NO.ClH/c1-9-4-2-5-10(8-9)12-7-3-6-11;/h2,4-5,8H,3,6-7,11H2,1H3;1H/p-1. The van der Waals surface area contributed by atoms with Crippen molar-refractivity contribution >= 4 is 0 Å². The van der Waals surface area contributed by atoms with Crippen LogP contribution in [0.15, 0.2) is 24.3 Å². The molecule has 1 aromatic carbocycles. The second kappa shape index (κ2) is 6.75. The van der Waals surface area contributed by atoms with Gasteiger partial charge in [0.15, 0.2) is 0 Å². The van der Waals surface area contributed by atoms with Crippen LogP contribution in [0.2, 0.25) is 0 Å². The third kappa shape index (κ3) is 4.76. The number of benzene rings is 1. The SMILES string of the molecule is Cc1cccc(OCCCN)c1.[Cl-]. The summed E-state index contributed by atoms with van der Waals surface area (Å²) in [5.74, 6) is 0.934. The van der Waals surface area contributed by atoms with Crippen molar-refractivity contribution in [3.05, 3.63) is 29.8 Å². The van der Waals surface area contributed by atoms with Gasteiger partial charge in [0.2, 0.25) is 0 Å². The molecule has 0 bridgehead atoms. The van der Waals surface area contributed by atoms with E-state index in [-0.39, 0.29) is 12.4 Å². The molecular formula is C10H15ClNO-. The average molecular weight is 201 g/mol. The summed E-state index contributed by atoms with van der Waals surface area (Å²) in [5, 5.41) is 0. The van der Waals surface area contributed by atoms with Gasteiger partial charge in [0.25, 0.3) is 0 Å². The molecule has 0 aromatic heterocycles. The van der Waals surface area contributed by atoms with E-state index in [0.717, 1.165) is 12.2 Å². The molecule has 74 valence electrons. The molecule has 0 aliphatic rings. The Labute approximate surface area is 85.5 Å². The fraction of sp³-hybridized carbons (Fsp3) is 0.400. The van der Waals surface area contributed by atoms with Crippen LogP contribution in [0, 0.1) is 6.92 Å². The van der Waals surface area contributed by atoms with Gasteiger partial charge < -0.3 is 22.9 Å². The van der Waals surface area contributed by atoms with Gasteiger partial charge in [0, 0.05) is 0 Å². The van der Waals surface area contributed by atoms with Gasteiger partial charge in [0.1, 0.15) is 5.75 Å². The van der Waals surface area contributed by atoms with Crippen molar-refractivity contribution < 1.29 is 17.1 Å².